The average Bonchev–Trinajstić information content (AvgIpc) is 3.00. The van der Waals surface area contributed by atoms with E-state index in [0.29, 0.717) is 32.8 Å². The van der Waals surface area contributed by atoms with Gasteiger partial charge in [-0.3, -0.25) is 9.69 Å². The van der Waals surface area contributed by atoms with Gasteiger partial charge < -0.3 is 24.0 Å². The van der Waals surface area contributed by atoms with Crippen LogP contribution in [0, 0.1) is 0 Å². The fourth-order valence-electron chi connectivity index (χ4n) is 4.91. The van der Waals surface area contributed by atoms with Crippen molar-refractivity contribution in [3.63, 3.8) is 0 Å². The van der Waals surface area contributed by atoms with E-state index in [1.807, 2.05) is 44.7 Å². The lowest BCUT2D eigenvalue weighted by atomic mass is 9.85. The number of carbonyl (C=O) groups is 2. The number of anilines is 1. The zero-order chi connectivity index (χ0) is 25.3. The molecule has 2 aliphatic rings. The number of fused-ring (bicyclic) bond motifs is 1. The molecule has 0 aliphatic carbocycles. The predicted octanol–water partition coefficient (Wildman–Crippen LogP) is 3.66. The van der Waals surface area contributed by atoms with Crippen molar-refractivity contribution in [2.45, 2.75) is 57.7 Å². The van der Waals surface area contributed by atoms with Crippen molar-refractivity contribution in [2.75, 3.05) is 58.5 Å². The SMILES string of the molecule is COC[C@H]1CN(C(=O)OC(C)(C)C)[C@H](C)CN1CC(=O)N1CC(C)(COC)c2ccc(Br)cc21. The maximum absolute atomic E-state index is 13.6. The Morgan fingerprint density at radius 3 is 2.50 bits per heavy atom. The van der Waals surface area contributed by atoms with Gasteiger partial charge in [-0.2, -0.15) is 0 Å². The lowest BCUT2D eigenvalue weighted by Crippen LogP contribution is -2.62. The maximum atomic E-state index is 13.6. The van der Waals surface area contributed by atoms with Gasteiger partial charge in [-0.25, -0.2) is 4.79 Å². The summed E-state index contributed by atoms with van der Waals surface area (Å²) in [7, 11) is 3.33. The first-order valence-corrected chi connectivity index (χ1v) is 12.5. The van der Waals surface area contributed by atoms with Crippen LogP contribution < -0.4 is 4.90 Å². The van der Waals surface area contributed by atoms with E-state index in [-0.39, 0.29) is 36.0 Å². The number of benzene rings is 1. The van der Waals surface area contributed by atoms with Gasteiger partial charge in [0.15, 0.2) is 0 Å². The molecule has 8 nitrogen and oxygen atoms in total. The van der Waals surface area contributed by atoms with Crippen molar-refractivity contribution in [3.8, 4) is 0 Å². The minimum Gasteiger partial charge on any atom is -0.444 e. The van der Waals surface area contributed by atoms with Crippen molar-refractivity contribution in [2.24, 2.45) is 0 Å². The van der Waals surface area contributed by atoms with Crippen LogP contribution in [0.2, 0.25) is 0 Å². The molecule has 1 aromatic rings. The molecule has 3 rings (SSSR count). The Morgan fingerprint density at radius 1 is 1.18 bits per heavy atom. The molecule has 0 spiro atoms. The monoisotopic (exact) mass is 539 g/mol. The molecule has 0 N–H and O–H groups in total. The number of hydrogen-bond acceptors (Lipinski definition) is 6. The van der Waals surface area contributed by atoms with Crippen LogP contribution >= 0.6 is 15.9 Å². The molecule has 0 saturated carbocycles. The second-order valence-corrected chi connectivity index (χ2v) is 11.6. The first kappa shape index (κ1) is 26.9. The molecule has 9 heteroatoms. The summed E-state index contributed by atoms with van der Waals surface area (Å²) in [5, 5.41) is 0. The number of nitrogens with zero attached hydrogens (tertiary/aromatic N) is 3. The van der Waals surface area contributed by atoms with Gasteiger partial charge in [0.2, 0.25) is 5.91 Å². The summed E-state index contributed by atoms with van der Waals surface area (Å²) in [6, 6.07) is 5.89. The minimum absolute atomic E-state index is 0.0261. The lowest BCUT2D eigenvalue weighted by Gasteiger charge is -2.45. The largest absolute Gasteiger partial charge is 0.444 e. The number of ether oxygens (including phenoxy) is 3. The quantitative estimate of drug-likeness (QED) is 0.549. The van der Waals surface area contributed by atoms with Crippen molar-refractivity contribution in [1.82, 2.24) is 9.80 Å². The van der Waals surface area contributed by atoms with Gasteiger partial charge in [-0.05, 0) is 45.4 Å². The number of piperazine rings is 1. The standard InChI is InChI=1S/C25H38BrN3O5/c1-17-11-27(19(14-32-6)12-28(17)23(31)34-24(2,3)4)13-22(30)29-15-25(5,16-33-7)20-9-8-18(26)10-21(20)29/h8-10,17,19H,11-16H2,1-7H3/t17-,19-,25?/m1/s1. The second kappa shape index (κ2) is 10.5. The lowest BCUT2D eigenvalue weighted by molar-refractivity contribution is -0.122. The molecule has 2 heterocycles. The van der Waals surface area contributed by atoms with E-state index in [1.54, 1.807) is 19.1 Å². The highest BCUT2D eigenvalue weighted by molar-refractivity contribution is 9.10. The summed E-state index contributed by atoms with van der Waals surface area (Å²) in [6.07, 6.45) is -0.333. The van der Waals surface area contributed by atoms with Crippen LogP contribution in [0.5, 0.6) is 0 Å². The van der Waals surface area contributed by atoms with Gasteiger partial charge in [0, 0.05) is 55.5 Å². The molecule has 1 fully saturated rings. The molecule has 190 valence electrons. The molecule has 0 radical (unpaired) electrons. The summed E-state index contributed by atoms with van der Waals surface area (Å²) in [5.41, 5.74) is 1.20. The Hall–Kier alpha value is -1.68. The van der Waals surface area contributed by atoms with Crippen molar-refractivity contribution in [1.29, 1.82) is 0 Å². The highest BCUT2D eigenvalue weighted by atomic mass is 79.9. The van der Waals surface area contributed by atoms with Crippen molar-refractivity contribution < 1.29 is 23.8 Å². The average molecular weight is 540 g/mol. The van der Waals surface area contributed by atoms with E-state index in [4.69, 9.17) is 14.2 Å². The smallest absolute Gasteiger partial charge is 0.410 e. The first-order valence-electron chi connectivity index (χ1n) is 11.7. The third kappa shape index (κ3) is 5.93. The summed E-state index contributed by atoms with van der Waals surface area (Å²) in [6.45, 7) is 12.5. The zero-order valence-corrected chi connectivity index (χ0v) is 23.0. The Balaban J connectivity index is 1.77. The van der Waals surface area contributed by atoms with Gasteiger partial charge in [0.1, 0.15) is 5.60 Å². The molecular formula is C25H38BrN3O5. The van der Waals surface area contributed by atoms with Gasteiger partial charge in [0.05, 0.1) is 25.8 Å². The third-order valence-corrected chi connectivity index (χ3v) is 6.95. The number of methoxy groups -OCH3 is 2. The van der Waals surface area contributed by atoms with Crippen molar-refractivity contribution >= 4 is 33.6 Å². The Labute approximate surface area is 211 Å². The van der Waals surface area contributed by atoms with Crippen molar-refractivity contribution in [3.05, 3.63) is 28.2 Å². The molecular weight excluding hydrogens is 502 g/mol. The van der Waals surface area contributed by atoms with E-state index in [1.165, 1.54) is 0 Å². The molecule has 1 saturated heterocycles. The molecule has 2 amide bonds. The van der Waals surface area contributed by atoms with E-state index in [2.05, 4.69) is 33.8 Å². The van der Waals surface area contributed by atoms with Gasteiger partial charge in [-0.1, -0.05) is 28.9 Å². The number of rotatable bonds is 6. The number of halogens is 1. The fraction of sp³-hybridized carbons (Fsp3) is 0.680. The molecule has 1 aromatic carbocycles. The van der Waals surface area contributed by atoms with Crippen LogP contribution in [0.15, 0.2) is 22.7 Å². The van der Waals surface area contributed by atoms with Gasteiger partial charge in [-0.15, -0.1) is 0 Å². The molecule has 3 atom stereocenters. The topological polar surface area (TPSA) is 71.5 Å². The Bertz CT molecular complexity index is 905. The van der Waals surface area contributed by atoms with Crippen LogP contribution in [0.3, 0.4) is 0 Å². The zero-order valence-electron chi connectivity index (χ0n) is 21.4. The molecule has 0 bridgehead atoms. The number of amides is 2. The first-order chi connectivity index (χ1) is 15.9. The van der Waals surface area contributed by atoms with Crippen LogP contribution in [0.1, 0.15) is 40.2 Å². The van der Waals surface area contributed by atoms with Crippen LogP contribution in [0.25, 0.3) is 0 Å². The minimum atomic E-state index is -0.563. The van der Waals surface area contributed by atoms with Crippen LogP contribution in [-0.2, 0) is 24.4 Å². The van der Waals surface area contributed by atoms with Gasteiger partial charge in [0.25, 0.3) is 0 Å². The molecule has 0 aromatic heterocycles. The van der Waals surface area contributed by atoms with Gasteiger partial charge >= 0.3 is 6.09 Å². The van der Waals surface area contributed by atoms with E-state index in [9.17, 15) is 9.59 Å². The second-order valence-electron chi connectivity index (χ2n) is 10.7. The molecule has 1 unspecified atom stereocenters. The highest BCUT2D eigenvalue weighted by Gasteiger charge is 2.43. The van der Waals surface area contributed by atoms with Crippen LogP contribution in [-0.4, -0.2) is 93.1 Å². The molecule has 34 heavy (non-hydrogen) atoms. The number of hydrogen-bond donors (Lipinski definition) is 0. The maximum Gasteiger partial charge on any atom is 0.410 e. The van der Waals surface area contributed by atoms with E-state index < -0.39 is 5.60 Å². The predicted molar refractivity (Wildman–Crippen MR) is 135 cm³/mol. The Kier molecular flexibility index (Phi) is 8.33. The summed E-state index contributed by atoms with van der Waals surface area (Å²) >= 11 is 3.55. The number of carbonyl (C=O) groups excluding carboxylic acids is 2. The summed E-state index contributed by atoms with van der Waals surface area (Å²) in [4.78, 5) is 32.1. The van der Waals surface area contributed by atoms with Crippen LogP contribution in [0.4, 0.5) is 10.5 Å². The fourth-order valence-corrected chi connectivity index (χ4v) is 5.26. The summed E-state index contributed by atoms with van der Waals surface area (Å²) < 4.78 is 17.5. The third-order valence-electron chi connectivity index (χ3n) is 6.45. The highest BCUT2D eigenvalue weighted by Crippen LogP contribution is 2.42. The Morgan fingerprint density at radius 2 is 1.88 bits per heavy atom. The van der Waals surface area contributed by atoms with E-state index in [0.717, 1.165) is 15.7 Å². The summed E-state index contributed by atoms with van der Waals surface area (Å²) in [5.74, 6) is 0.0261. The normalized spacial score (nSPS) is 25.4. The van der Waals surface area contributed by atoms with E-state index >= 15 is 0 Å². The molecule has 2 aliphatic heterocycles.